The standard InChI is InChI=1S/C13H18N2O2/c1-17-10-12-8-5-9-15(12)13(16)14-11-6-3-2-4-7-11/h2-4,6-7,12H,5,8-10H2,1H3,(H,14,16). The van der Waals surface area contributed by atoms with E-state index in [1.165, 1.54) is 0 Å². The predicted molar refractivity (Wildman–Crippen MR) is 67.1 cm³/mol. The minimum atomic E-state index is -0.0317. The minimum absolute atomic E-state index is 0.0317. The van der Waals surface area contributed by atoms with Gasteiger partial charge in [-0.15, -0.1) is 0 Å². The van der Waals surface area contributed by atoms with Gasteiger partial charge in [-0.05, 0) is 25.0 Å². The fraction of sp³-hybridized carbons (Fsp3) is 0.462. The van der Waals surface area contributed by atoms with Crippen LogP contribution in [0.1, 0.15) is 12.8 Å². The second-order valence-corrected chi connectivity index (χ2v) is 4.24. The number of anilines is 1. The third-order valence-corrected chi connectivity index (χ3v) is 3.02. The number of carbonyl (C=O) groups is 1. The summed E-state index contributed by atoms with van der Waals surface area (Å²) in [5, 5.41) is 2.90. The van der Waals surface area contributed by atoms with E-state index in [0.29, 0.717) is 6.61 Å². The van der Waals surface area contributed by atoms with Gasteiger partial charge in [0.05, 0.1) is 12.6 Å². The van der Waals surface area contributed by atoms with Gasteiger partial charge in [-0.1, -0.05) is 18.2 Å². The number of amides is 2. The van der Waals surface area contributed by atoms with Gasteiger partial charge in [0, 0.05) is 19.3 Å². The Morgan fingerprint density at radius 2 is 2.24 bits per heavy atom. The zero-order chi connectivity index (χ0) is 12.1. The van der Waals surface area contributed by atoms with E-state index in [2.05, 4.69) is 5.32 Å². The second kappa shape index (κ2) is 5.68. The molecule has 2 amide bonds. The van der Waals surface area contributed by atoms with Crippen molar-refractivity contribution in [2.45, 2.75) is 18.9 Å². The third-order valence-electron chi connectivity index (χ3n) is 3.02. The molecule has 92 valence electrons. The molecule has 1 N–H and O–H groups in total. The lowest BCUT2D eigenvalue weighted by Crippen LogP contribution is -2.40. The molecule has 0 bridgehead atoms. The summed E-state index contributed by atoms with van der Waals surface area (Å²) in [5.74, 6) is 0. The number of hydrogen-bond donors (Lipinski definition) is 1. The van der Waals surface area contributed by atoms with E-state index in [1.807, 2.05) is 35.2 Å². The molecule has 1 aliphatic heterocycles. The molecule has 17 heavy (non-hydrogen) atoms. The number of urea groups is 1. The highest BCUT2D eigenvalue weighted by Crippen LogP contribution is 2.18. The number of rotatable bonds is 3. The molecule has 1 heterocycles. The van der Waals surface area contributed by atoms with E-state index < -0.39 is 0 Å². The Kier molecular flexibility index (Phi) is 3.98. The molecule has 0 aromatic heterocycles. The topological polar surface area (TPSA) is 41.6 Å². The van der Waals surface area contributed by atoms with Crippen LogP contribution in [0.25, 0.3) is 0 Å². The largest absolute Gasteiger partial charge is 0.383 e. The number of hydrogen-bond acceptors (Lipinski definition) is 2. The molecule has 0 radical (unpaired) electrons. The van der Waals surface area contributed by atoms with E-state index in [1.54, 1.807) is 7.11 Å². The zero-order valence-electron chi connectivity index (χ0n) is 10.1. The van der Waals surface area contributed by atoms with Crippen molar-refractivity contribution in [2.75, 3.05) is 25.6 Å². The van der Waals surface area contributed by atoms with E-state index in [4.69, 9.17) is 4.74 Å². The summed E-state index contributed by atoms with van der Waals surface area (Å²) in [6.07, 6.45) is 2.08. The van der Waals surface area contributed by atoms with Crippen LogP contribution in [0, 0.1) is 0 Å². The second-order valence-electron chi connectivity index (χ2n) is 4.24. The van der Waals surface area contributed by atoms with E-state index >= 15 is 0 Å². The molecule has 1 aromatic carbocycles. The predicted octanol–water partition coefficient (Wildman–Crippen LogP) is 2.33. The molecular weight excluding hydrogens is 216 g/mol. The molecular formula is C13H18N2O2. The van der Waals surface area contributed by atoms with Crippen LogP contribution in [-0.4, -0.2) is 37.2 Å². The molecule has 1 fully saturated rings. The van der Waals surface area contributed by atoms with Crippen LogP contribution in [0.15, 0.2) is 30.3 Å². The van der Waals surface area contributed by atoms with Gasteiger partial charge in [-0.25, -0.2) is 4.79 Å². The molecule has 0 saturated carbocycles. The molecule has 1 aromatic rings. The number of likely N-dealkylation sites (tertiary alicyclic amines) is 1. The lowest BCUT2D eigenvalue weighted by Gasteiger charge is -2.24. The Morgan fingerprint density at radius 1 is 1.47 bits per heavy atom. The Morgan fingerprint density at radius 3 is 2.94 bits per heavy atom. The highest BCUT2D eigenvalue weighted by atomic mass is 16.5. The van der Waals surface area contributed by atoms with Gasteiger partial charge in [-0.2, -0.15) is 0 Å². The fourth-order valence-electron chi connectivity index (χ4n) is 2.19. The normalized spacial score (nSPS) is 19.4. The van der Waals surface area contributed by atoms with Crippen molar-refractivity contribution in [3.8, 4) is 0 Å². The zero-order valence-corrected chi connectivity index (χ0v) is 10.1. The monoisotopic (exact) mass is 234 g/mol. The van der Waals surface area contributed by atoms with Crippen LogP contribution >= 0.6 is 0 Å². The van der Waals surface area contributed by atoms with Gasteiger partial charge in [0.25, 0.3) is 0 Å². The summed E-state index contributed by atoms with van der Waals surface area (Å²) in [4.78, 5) is 13.9. The number of para-hydroxylation sites is 1. The molecule has 1 unspecified atom stereocenters. The molecule has 4 heteroatoms. The van der Waals surface area contributed by atoms with E-state index in [-0.39, 0.29) is 12.1 Å². The minimum Gasteiger partial charge on any atom is -0.383 e. The first-order valence-corrected chi connectivity index (χ1v) is 5.93. The van der Waals surface area contributed by atoms with Gasteiger partial charge >= 0.3 is 6.03 Å². The van der Waals surface area contributed by atoms with Gasteiger partial charge in [0.1, 0.15) is 0 Å². The first kappa shape index (κ1) is 11.9. The van der Waals surface area contributed by atoms with Gasteiger partial charge in [0.15, 0.2) is 0 Å². The number of ether oxygens (including phenoxy) is 1. The number of methoxy groups -OCH3 is 1. The maximum Gasteiger partial charge on any atom is 0.322 e. The Bertz CT molecular complexity index is 367. The van der Waals surface area contributed by atoms with Crippen LogP contribution in [0.5, 0.6) is 0 Å². The highest BCUT2D eigenvalue weighted by Gasteiger charge is 2.28. The summed E-state index contributed by atoms with van der Waals surface area (Å²) in [7, 11) is 1.67. The van der Waals surface area contributed by atoms with Crippen molar-refractivity contribution in [1.29, 1.82) is 0 Å². The molecule has 1 atom stereocenters. The molecule has 1 aliphatic rings. The molecule has 0 aliphatic carbocycles. The van der Waals surface area contributed by atoms with Crippen LogP contribution in [0.3, 0.4) is 0 Å². The number of carbonyl (C=O) groups excluding carboxylic acids is 1. The maximum absolute atomic E-state index is 12.1. The lowest BCUT2D eigenvalue weighted by molar-refractivity contribution is 0.128. The van der Waals surface area contributed by atoms with Crippen molar-refractivity contribution in [2.24, 2.45) is 0 Å². The Labute approximate surface area is 102 Å². The van der Waals surface area contributed by atoms with Crippen LogP contribution in [-0.2, 0) is 4.74 Å². The summed E-state index contributed by atoms with van der Waals surface area (Å²) in [6.45, 7) is 1.43. The molecule has 0 spiro atoms. The number of benzene rings is 1. The summed E-state index contributed by atoms with van der Waals surface area (Å²) >= 11 is 0. The fourth-order valence-corrected chi connectivity index (χ4v) is 2.19. The average molecular weight is 234 g/mol. The SMILES string of the molecule is COCC1CCCN1C(=O)Nc1ccccc1. The summed E-state index contributed by atoms with van der Waals surface area (Å²) in [5.41, 5.74) is 0.834. The maximum atomic E-state index is 12.1. The van der Waals surface area contributed by atoms with Crippen LogP contribution < -0.4 is 5.32 Å². The van der Waals surface area contributed by atoms with Crippen molar-refractivity contribution in [3.63, 3.8) is 0 Å². The third kappa shape index (κ3) is 2.97. The van der Waals surface area contributed by atoms with Crippen LogP contribution in [0.4, 0.5) is 10.5 Å². The van der Waals surface area contributed by atoms with Crippen molar-refractivity contribution in [1.82, 2.24) is 4.90 Å². The number of nitrogens with one attached hydrogen (secondary N) is 1. The summed E-state index contributed by atoms with van der Waals surface area (Å²) in [6, 6.07) is 9.70. The van der Waals surface area contributed by atoms with Crippen molar-refractivity contribution < 1.29 is 9.53 Å². The lowest BCUT2D eigenvalue weighted by atomic mass is 10.2. The Hall–Kier alpha value is -1.55. The van der Waals surface area contributed by atoms with Crippen molar-refractivity contribution >= 4 is 11.7 Å². The first-order chi connectivity index (χ1) is 8.31. The first-order valence-electron chi connectivity index (χ1n) is 5.93. The molecule has 4 nitrogen and oxygen atoms in total. The van der Waals surface area contributed by atoms with E-state index in [9.17, 15) is 4.79 Å². The van der Waals surface area contributed by atoms with Crippen LogP contribution in [0.2, 0.25) is 0 Å². The quantitative estimate of drug-likeness (QED) is 0.872. The van der Waals surface area contributed by atoms with Gasteiger partial charge < -0.3 is 15.0 Å². The van der Waals surface area contributed by atoms with E-state index in [0.717, 1.165) is 25.1 Å². The Balaban J connectivity index is 1.95. The number of nitrogens with zero attached hydrogens (tertiary/aromatic N) is 1. The van der Waals surface area contributed by atoms with Gasteiger partial charge in [-0.3, -0.25) is 0 Å². The molecule has 2 rings (SSSR count). The van der Waals surface area contributed by atoms with Gasteiger partial charge in [0.2, 0.25) is 0 Å². The average Bonchev–Trinajstić information content (AvgIpc) is 2.79. The van der Waals surface area contributed by atoms with Crippen molar-refractivity contribution in [3.05, 3.63) is 30.3 Å². The summed E-state index contributed by atoms with van der Waals surface area (Å²) < 4.78 is 5.13. The smallest absolute Gasteiger partial charge is 0.322 e. The highest BCUT2D eigenvalue weighted by molar-refractivity contribution is 5.89. The molecule has 1 saturated heterocycles.